The number of nitrogens with zero attached hydrogens (tertiary/aromatic N) is 1. The van der Waals surface area contributed by atoms with Crippen LogP contribution >= 0.6 is 23.2 Å². The fourth-order valence-corrected chi connectivity index (χ4v) is 2.71. The molecule has 7 heteroatoms. The molecule has 0 aliphatic carbocycles. The van der Waals surface area contributed by atoms with Gasteiger partial charge in [0.1, 0.15) is 5.82 Å². The largest absolute Gasteiger partial charge is 0.336 e. The lowest BCUT2D eigenvalue weighted by Crippen LogP contribution is -2.37. The molecule has 1 atom stereocenters. The SMILES string of the molecule is CN(C)C(CNC(=O)Nc1ccc(Cl)cc1Cl)c1cccc(F)c1. The summed E-state index contributed by atoms with van der Waals surface area (Å²) in [7, 11) is 3.73. The first-order valence-corrected chi connectivity index (χ1v) is 8.04. The summed E-state index contributed by atoms with van der Waals surface area (Å²) in [5.41, 5.74) is 1.25. The molecule has 2 N–H and O–H groups in total. The minimum absolute atomic E-state index is 0.160. The molecule has 0 saturated heterocycles. The zero-order valence-corrected chi connectivity index (χ0v) is 14.8. The van der Waals surface area contributed by atoms with Crippen LogP contribution in [0, 0.1) is 5.82 Å². The molecular formula is C17H18Cl2FN3O. The quantitative estimate of drug-likeness (QED) is 0.811. The number of carbonyl (C=O) groups excluding carboxylic acids is 1. The molecule has 0 fully saturated rings. The van der Waals surface area contributed by atoms with Gasteiger partial charge in [0.25, 0.3) is 0 Å². The van der Waals surface area contributed by atoms with Crippen LogP contribution in [0.5, 0.6) is 0 Å². The molecule has 2 aromatic rings. The van der Waals surface area contributed by atoms with Crippen LogP contribution in [0.1, 0.15) is 11.6 Å². The Kier molecular flexibility index (Phi) is 6.43. The number of carbonyl (C=O) groups is 1. The number of rotatable bonds is 5. The highest BCUT2D eigenvalue weighted by molar-refractivity contribution is 6.36. The van der Waals surface area contributed by atoms with E-state index in [1.165, 1.54) is 12.1 Å². The van der Waals surface area contributed by atoms with E-state index in [9.17, 15) is 9.18 Å². The highest BCUT2D eigenvalue weighted by atomic mass is 35.5. The number of anilines is 1. The van der Waals surface area contributed by atoms with Crippen LogP contribution in [0.4, 0.5) is 14.9 Å². The van der Waals surface area contributed by atoms with Gasteiger partial charge in [-0.2, -0.15) is 0 Å². The molecule has 128 valence electrons. The molecule has 0 saturated carbocycles. The lowest BCUT2D eigenvalue weighted by molar-refractivity contribution is 0.243. The van der Waals surface area contributed by atoms with E-state index in [1.807, 2.05) is 25.1 Å². The number of nitrogens with one attached hydrogen (secondary N) is 2. The highest BCUT2D eigenvalue weighted by Gasteiger charge is 2.16. The molecule has 2 aromatic carbocycles. The van der Waals surface area contributed by atoms with E-state index in [-0.39, 0.29) is 11.9 Å². The molecule has 0 aromatic heterocycles. The van der Waals surface area contributed by atoms with E-state index in [4.69, 9.17) is 23.2 Å². The zero-order chi connectivity index (χ0) is 17.7. The van der Waals surface area contributed by atoms with E-state index < -0.39 is 6.03 Å². The van der Waals surface area contributed by atoms with Crippen molar-refractivity contribution in [3.63, 3.8) is 0 Å². The molecular weight excluding hydrogens is 352 g/mol. The van der Waals surface area contributed by atoms with E-state index in [2.05, 4.69) is 10.6 Å². The summed E-state index contributed by atoms with van der Waals surface area (Å²) in [6.07, 6.45) is 0. The van der Waals surface area contributed by atoms with Gasteiger partial charge in [-0.1, -0.05) is 35.3 Å². The Balaban J connectivity index is 2.00. The standard InChI is InChI=1S/C17H18Cl2FN3O/c1-23(2)16(11-4-3-5-13(20)8-11)10-21-17(24)22-15-7-6-12(18)9-14(15)19/h3-9,16H,10H2,1-2H3,(H2,21,22,24). The summed E-state index contributed by atoms with van der Waals surface area (Å²) in [6.45, 7) is 0.313. The molecule has 0 heterocycles. The van der Waals surface area contributed by atoms with Crippen LogP contribution in [0.15, 0.2) is 42.5 Å². The third-order valence-electron chi connectivity index (χ3n) is 3.49. The fourth-order valence-electron chi connectivity index (χ4n) is 2.26. The summed E-state index contributed by atoms with van der Waals surface area (Å²) in [4.78, 5) is 14.0. The summed E-state index contributed by atoms with van der Waals surface area (Å²) >= 11 is 11.8. The van der Waals surface area contributed by atoms with Crippen molar-refractivity contribution < 1.29 is 9.18 Å². The number of benzene rings is 2. The van der Waals surface area contributed by atoms with Crippen molar-refractivity contribution in [3.05, 3.63) is 63.9 Å². The van der Waals surface area contributed by atoms with Crippen molar-refractivity contribution in [1.29, 1.82) is 0 Å². The smallest absolute Gasteiger partial charge is 0.319 e. The first kappa shape index (κ1) is 18.5. The second-order valence-electron chi connectivity index (χ2n) is 5.49. The Bertz CT molecular complexity index is 725. The van der Waals surface area contributed by atoms with Gasteiger partial charge < -0.3 is 15.5 Å². The maximum atomic E-state index is 13.4. The topological polar surface area (TPSA) is 44.4 Å². The molecule has 24 heavy (non-hydrogen) atoms. The van der Waals surface area contributed by atoms with Crippen LogP contribution in [0.2, 0.25) is 10.0 Å². The van der Waals surface area contributed by atoms with E-state index in [0.29, 0.717) is 22.3 Å². The molecule has 2 amide bonds. The average Bonchev–Trinajstić information content (AvgIpc) is 2.50. The average molecular weight is 370 g/mol. The predicted molar refractivity (Wildman–Crippen MR) is 96.3 cm³/mol. The number of halogens is 3. The summed E-state index contributed by atoms with van der Waals surface area (Å²) in [6, 6.07) is 10.6. The fraction of sp³-hybridized carbons (Fsp3) is 0.235. The maximum absolute atomic E-state index is 13.4. The molecule has 0 radical (unpaired) electrons. The number of urea groups is 1. The molecule has 0 spiro atoms. The van der Waals surface area contributed by atoms with Crippen LogP contribution in [-0.2, 0) is 0 Å². The first-order chi connectivity index (χ1) is 11.4. The van der Waals surface area contributed by atoms with Crippen LogP contribution in [0.3, 0.4) is 0 Å². The van der Waals surface area contributed by atoms with Crippen molar-refractivity contribution in [2.75, 3.05) is 26.0 Å². The van der Waals surface area contributed by atoms with E-state index in [0.717, 1.165) is 5.56 Å². The number of hydrogen-bond donors (Lipinski definition) is 2. The monoisotopic (exact) mass is 369 g/mol. The van der Waals surface area contributed by atoms with Gasteiger partial charge in [0.15, 0.2) is 0 Å². The van der Waals surface area contributed by atoms with Crippen molar-refractivity contribution in [2.45, 2.75) is 6.04 Å². The van der Waals surface area contributed by atoms with Gasteiger partial charge in [-0.25, -0.2) is 9.18 Å². The Morgan fingerprint density at radius 1 is 1.21 bits per heavy atom. The van der Waals surface area contributed by atoms with E-state index in [1.54, 1.807) is 24.3 Å². The summed E-state index contributed by atoms with van der Waals surface area (Å²) in [5.74, 6) is -0.309. The molecule has 2 rings (SSSR count). The van der Waals surface area contributed by atoms with Crippen LogP contribution in [-0.4, -0.2) is 31.6 Å². The van der Waals surface area contributed by atoms with Gasteiger partial charge in [0, 0.05) is 11.6 Å². The van der Waals surface area contributed by atoms with Gasteiger partial charge in [-0.3, -0.25) is 0 Å². The zero-order valence-electron chi connectivity index (χ0n) is 13.3. The van der Waals surface area contributed by atoms with Crippen molar-refractivity contribution >= 4 is 34.9 Å². The number of amides is 2. The highest BCUT2D eigenvalue weighted by Crippen LogP contribution is 2.25. The molecule has 0 bridgehead atoms. The number of likely N-dealkylation sites (N-methyl/N-ethyl adjacent to an activating group) is 1. The maximum Gasteiger partial charge on any atom is 0.319 e. The van der Waals surface area contributed by atoms with Crippen LogP contribution < -0.4 is 10.6 Å². The summed E-state index contributed by atoms with van der Waals surface area (Å²) in [5, 5.41) is 6.27. The van der Waals surface area contributed by atoms with Crippen molar-refractivity contribution in [3.8, 4) is 0 Å². The molecule has 0 aliphatic heterocycles. The second-order valence-corrected chi connectivity index (χ2v) is 6.34. The summed E-state index contributed by atoms with van der Waals surface area (Å²) < 4.78 is 13.4. The third kappa shape index (κ3) is 5.09. The van der Waals surface area contributed by atoms with Crippen molar-refractivity contribution in [2.24, 2.45) is 0 Å². The lowest BCUT2D eigenvalue weighted by Gasteiger charge is -2.25. The number of hydrogen-bond acceptors (Lipinski definition) is 2. The minimum Gasteiger partial charge on any atom is -0.336 e. The van der Waals surface area contributed by atoms with Gasteiger partial charge in [-0.15, -0.1) is 0 Å². The molecule has 0 aliphatic rings. The normalized spacial score (nSPS) is 12.1. The van der Waals surface area contributed by atoms with Gasteiger partial charge in [0.2, 0.25) is 0 Å². The first-order valence-electron chi connectivity index (χ1n) is 7.28. The Morgan fingerprint density at radius 2 is 1.96 bits per heavy atom. The Labute approximate surface area is 150 Å². The van der Waals surface area contributed by atoms with Gasteiger partial charge in [0.05, 0.1) is 16.8 Å². The third-order valence-corrected chi connectivity index (χ3v) is 4.04. The molecule has 4 nitrogen and oxygen atoms in total. The Hall–Kier alpha value is -1.82. The Morgan fingerprint density at radius 3 is 2.58 bits per heavy atom. The lowest BCUT2D eigenvalue weighted by atomic mass is 10.1. The second kappa shape index (κ2) is 8.33. The van der Waals surface area contributed by atoms with Gasteiger partial charge in [-0.05, 0) is 50.0 Å². The van der Waals surface area contributed by atoms with Crippen LogP contribution in [0.25, 0.3) is 0 Å². The predicted octanol–water partition coefficient (Wildman–Crippen LogP) is 4.56. The van der Waals surface area contributed by atoms with E-state index >= 15 is 0 Å². The van der Waals surface area contributed by atoms with Gasteiger partial charge >= 0.3 is 6.03 Å². The molecule has 1 unspecified atom stereocenters. The minimum atomic E-state index is -0.400. The van der Waals surface area contributed by atoms with Crippen molar-refractivity contribution in [1.82, 2.24) is 10.2 Å².